The number of anilines is 1. The summed E-state index contributed by atoms with van der Waals surface area (Å²) in [5.74, 6) is -1.94. The molecule has 0 aliphatic rings. The second-order valence-corrected chi connectivity index (χ2v) is 5.29. The van der Waals surface area contributed by atoms with Crippen LogP contribution in [0.1, 0.15) is 22.0 Å². The van der Waals surface area contributed by atoms with E-state index in [1.54, 1.807) is 18.2 Å². The van der Waals surface area contributed by atoms with Crippen molar-refractivity contribution < 1.29 is 24.0 Å². The Kier molecular flexibility index (Phi) is 6.05. The molecule has 0 spiro atoms. The minimum atomic E-state index is -1.46. The number of rotatable bonds is 5. The largest absolute Gasteiger partial charge is 0.444 e. The van der Waals surface area contributed by atoms with Crippen molar-refractivity contribution in [2.24, 2.45) is 0 Å². The van der Waals surface area contributed by atoms with E-state index < -0.39 is 28.9 Å². The van der Waals surface area contributed by atoms with E-state index in [2.05, 4.69) is 5.32 Å². The molecule has 0 saturated heterocycles. The van der Waals surface area contributed by atoms with Crippen molar-refractivity contribution in [2.45, 2.75) is 6.10 Å². The van der Waals surface area contributed by atoms with E-state index in [1.165, 1.54) is 25.2 Å². The normalized spacial score (nSPS) is 11.1. The summed E-state index contributed by atoms with van der Waals surface area (Å²) < 4.78 is 5.21. The van der Waals surface area contributed by atoms with Crippen LogP contribution < -0.4 is 16.4 Å². The predicted molar refractivity (Wildman–Crippen MR) is 94.7 cm³/mol. The Morgan fingerprint density at radius 2 is 1.81 bits per heavy atom. The number of nitrogens with two attached hydrogens (primary N) is 1. The topological polar surface area (TPSA) is 154 Å². The molecule has 1 unspecified atom stereocenters. The summed E-state index contributed by atoms with van der Waals surface area (Å²) in [5, 5.41) is 15.1. The van der Waals surface area contributed by atoms with Crippen LogP contribution in [-0.4, -0.2) is 29.9 Å². The van der Waals surface area contributed by atoms with Gasteiger partial charge in [-0.3, -0.25) is 20.2 Å². The van der Waals surface area contributed by atoms with E-state index in [0.717, 1.165) is 12.1 Å². The summed E-state index contributed by atoms with van der Waals surface area (Å²) >= 11 is 0. The molecule has 0 aliphatic carbocycles. The summed E-state index contributed by atoms with van der Waals surface area (Å²) in [7, 11) is 1.32. The van der Waals surface area contributed by atoms with E-state index in [4.69, 9.17) is 10.5 Å². The molecule has 0 bridgehead atoms. The number of ether oxygens (including phenoxy) is 1. The maximum Gasteiger partial charge on any atom is 0.341 e. The van der Waals surface area contributed by atoms with Crippen molar-refractivity contribution in [3.05, 3.63) is 69.8 Å². The van der Waals surface area contributed by atoms with Gasteiger partial charge in [-0.05, 0) is 6.07 Å². The number of nitrogen functional groups attached to an aromatic ring is 1. The molecule has 0 aliphatic heterocycles. The lowest BCUT2D eigenvalue weighted by molar-refractivity contribution is -0.384. The van der Waals surface area contributed by atoms with Gasteiger partial charge < -0.3 is 15.8 Å². The van der Waals surface area contributed by atoms with Gasteiger partial charge in [0.15, 0.2) is 0 Å². The molecule has 10 nitrogen and oxygen atoms in total. The molecule has 2 aromatic carbocycles. The van der Waals surface area contributed by atoms with E-state index in [9.17, 15) is 24.5 Å². The number of nitro benzene ring substituents is 1. The highest BCUT2D eigenvalue weighted by molar-refractivity contribution is 6.00. The number of nitrogens with zero attached hydrogens (tertiary/aromatic N) is 1. The summed E-state index contributed by atoms with van der Waals surface area (Å²) in [6, 6.07) is 10.5. The second-order valence-electron chi connectivity index (χ2n) is 5.29. The van der Waals surface area contributed by atoms with Crippen LogP contribution in [0.2, 0.25) is 0 Å². The van der Waals surface area contributed by atoms with Gasteiger partial charge in [-0.25, -0.2) is 9.59 Å². The van der Waals surface area contributed by atoms with Crippen LogP contribution in [0.25, 0.3) is 0 Å². The Labute approximate surface area is 153 Å². The highest BCUT2D eigenvalue weighted by atomic mass is 16.6. The number of nitro groups is 1. The Morgan fingerprint density at radius 3 is 2.41 bits per heavy atom. The fourth-order valence-electron chi connectivity index (χ4n) is 2.15. The molecule has 2 aromatic rings. The van der Waals surface area contributed by atoms with Gasteiger partial charge in [0.25, 0.3) is 11.6 Å². The molecule has 27 heavy (non-hydrogen) atoms. The van der Waals surface area contributed by atoms with Crippen LogP contribution >= 0.6 is 0 Å². The van der Waals surface area contributed by atoms with Gasteiger partial charge in [0.05, 0.1) is 10.5 Å². The third-order valence-corrected chi connectivity index (χ3v) is 3.50. The van der Waals surface area contributed by atoms with Gasteiger partial charge in [-0.2, -0.15) is 0 Å². The van der Waals surface area contributed by atoms with E-state index >= 15 is 0 Å². The van der Waals surface area contributed by atoms with Crippen LogP contribution in [0.3, 0.4) is 0 Å². The standard InChI is InChI=1S/C17H16N4O6/c1-19-17(24)20-15(22)14(10-5-3-2-4-6-10)27-16(23)12-9-11(21(25)26)7-8-13(12)18/h2-9,14H,18H2,1H3,(H2,19,20,22,24). The number of benzene rings is 2. The molecule has 2 rings (SSSR count). The Balaban J connectivity index is 2.34. The summed E-state index contributed by atoms with van der Waals surface area (Å²) in [6.45, 7) is 0. The molecule has 0 saturated carbocycles. The van der Waals surface area contributed by atoms with Crippen LogP contribution in [0.4, 0.5) is 16.2 Å². The molecular weight excluding hydrogens is 356 g/mol. The third kappa shape index (κ3) is 4.78. The first-order valence-corrected chi connectivity index (χ1v) is 7.66. The van der Waals surface area contributed by atoms with Gasteiger partial charge >= 0.3 is 12.0 Å². The van der Waals surface area contributed by atoms with Gasteiger partial charge in [-0.1, -0.05) is 30.3 Å². The van der Waals surface area contributed by atoms with Gasteiger partial charge in [0.1, 0.15) is 0 Å². The van der Waals surface area contributed by atoms with Crippen molar-refractivity contribution in [1.82, 2.24) is 10.6 Å². The molecule has 0 radical (unpaired) electrons. The number of carbonyl (C=O) groups is 3. The lowest BCUT2D eigenvalue weighted by atomic mass is 10.1. The summed E-state index contributed by atoms with van der Waals surface area (Å²) in [5.41, 5.74) is 5.32. The molecule has 4 N–H and O–H groups in total. The average molecular weight is 372 g/mol. The Bertz CT molecular complexity index is 884. The second kappa shape index (κ2) is 8.43. The number of esters is 1. The number of amides is 3. The van der Waals surface area contributed by atoms with Crippen molar-refractivity contribution in [3.63, 3.8) is 0 Å². The molecular formula is C17H16N4O6. The number of hydrogen-bond donors (Lipinski definition) is 3. The number of carbonyl (C=O) groups excluding carboxylic acids is 3. The number of imide groups is 1. The summed E-state index contributed by atoms with van der Waals surface area (Å²) in [4.78, 5) is 46.4. The lowest BCUT2D eigenvalue weighted by Gasteiger charge is -2.18. The molecule has 0 fully saturated rings. The van der Waals surface area contributed by atoms with Crippen LogP contribution in [-0.2, 0) is 9.53 Å². The maximum atomic E-state index is 12.5. The smallest absolute Gasteiger partial charge is 0.341 e. The quantitative estimate of drug-likeness (QED) is 0.311. The summed E-state index contributed by atoms with van der Waals surface area (Å²) in [6.07, 6.45) is -1.46. The van der Waals surface area contributed by atoms with Crippen LogP contribution in [0.5, 0.6) is 0 Å². The predicted octanol–water partition coefficient (Wildman–Crippen LogP) is 1.53. The average Bonchev–Trinajstić information content (AvgIpc) is 2.66. The van der Waals surface area contributed by atoms with E-state index in [-0.39, 0.29) is 16.9 Å². The van der Waals surface area contributed by atoms with Crippen molar-refractivity contribution in [1.29, 1.82) is 0 Å². The highest BCUT2D eigenvalue weighted by Gasteiger charge is 2.28. The number of hydrogen-bond acceptors (Lipinski definition) is 7. The first kappa shape index (κ1) is 19.4. The zero-order valence-corrected chi connectivity index (χ0v) is 14.2. The van der Waals surface area contributed by atoms with Crippen molar-refractivity contribution >= 4 is 29.3 Å². The van der Waals surface area contributed by atoms with Crippen LogP contribution in [0.15, 0.2) is 48.5 Å². The highest BCUT2D eigenvalue weighted by Crippen LogP contribution is 2.24. The third-order valence-electron chi connectivity index (χ3n) is 3.50. The fourth-order valence-corrected chi connectivity index (χ4v) is 2.15. The number of nitrogens with one attached hydrogen (secondary N) is 2. The van der Waals surface area contributed by atoms with Crippen molar-refractivity contribution in [2.75, 3.05) is 12.8 Å². The van der Waals surface area contributed by atoms with E-state index in [0.29, 0.717) is 5.56 Å². The first-order chi connectivity index (χ1) is 12.8. The molecule has 0 heterocycles. The van der Waals surface area contributed by atoms with Crippen LogP contribution in [0, 0.1) is 10.1 Å². The lowest BCUT2D eigenvalue weighted by Crippen LogP contribution is -2.41. The SMILES string of the molecule is CNC(=O)NC(=O)C(OC(=O)c1cc([N+](=O)[O-])ccc1N)c1ccccc1. The fraction of sp³-hybridized carbons (Fsp3) is 0.118. The zero-order chi connectivity index (χ0) is 20.0. The molecule has 0 aromatic heterocycles. The Hall–Kier alpha value is -3.95. The number of urea groups is 1. The Morgan fingerprint density at radius 1 is 1.15 bits per heavy atom. The molecule has 3 amide bonds. The monoisotopic (exact) mass is 372 g/mol. The molecule has 140 valence electrons. The zero-order valence-electron chi connectivity index (χ0n) is 14.2. The van der Waals surface area contributed by atoms with Gasteiger partial charge in [0, 0.05) is 30.4 Å². The van der Waals surface area contributed by atoms with Crippen molar-refractivity contribution in [3.8, 4) is 0 Å². The van der Waals surface area contributed by atoms with E-state index in [1.807, 2.05) is 5.32 Å². The van der Waals surface area contributed by atoms with Gasteiger partial charge in [0.2, 0.25) is 6.10 Å². The first-order valence-electron chi connectivity index (χ1n) is 7.66. The molecule has 1 atom stereocenters. The minimum Gasteiger partial charge on any atom is -0.444 e. The molecule has 10 heteroatoms. The van der Waals surface area contributed by atoms with Gasteiger partial charge in [-0.15, -0.1) is 0 Å². The minimum absolute atomic E-state index is 0.0517. The maximum absolute atomic E-state index is 12.5. The number of non-ortho nitro benzene ring substituents is 1.